The Bertz CT molecular complexity index is 469. The third-order valence-electron chi connectivity index (χ3n) is 2.35. The highest BCUT2D eigenvalue weighted by atomic mass is 35.5. The summed E-state index contributed by atoms with van der Waals surface area (Å²) in [6.45, 7) is 0.831. The Morgan fingerprint density at radius 2 is 1.39 bits per heavy atom. The van der Waals surface area contributed by atoms with Crippen LogP contribution in [-0.4, -0.2) is 13.2 Å². The van der Waals surface area contributed by atoms with Gasteiger partial charge in [-0.2, -0.15) is 0 Å². The molecule has 4 heteroatoms. The van der Waals surface area contributed by atoms with Crippen LogP contribution in [0.1, 0.15) is 0 Å². The second-order valence-electron chi connectivity index (χ2n) is 3.67. The first-order valence-electron chi connectivity index (χ1n) is 5.62. The number of nitrogen functional groups attached to an aromatic ring is 1. The highest BCUT2D eigenvalue weighted by Crippen LogP contribution is 2.23. The third kappa shape index (κ3) is 3.31. The number of benzene rings is 2. The molecule has 0 spiro atoms. The van der Waals surface area contributed by atoms with Crippen LogP contribution in [0.25, 0.3) is 0 Å². The summed E-state index contributed by atoms with van der Waals surface area (Å²) in [6.07, 6.45) is 0. The number of nitrogens with two attached hydrogens (primary N) is 1. The lowest BCUT2D eigenvalue weighted by Crippen LogP contribution is -2.10. The molecule has 0 aromatic heterocycles. The van der Waals surface area contributed by atoms with Gasteiger partial charge in [0, 0.05) is 0 Å². The van der Waals surface area contributed by atoms with Gasteiger partial charge in [0.25, 0.3) is 0 Å². The van der Waals surface area contributed by atoms with Crippen molar-refractivity contribution in [2.24, 2.45) is 0 Å². The van der Waals surface area contributed by atoms with E-state index in [1.807, 2.05) is 36.4 Å². The van der Waals surface area contributed by atoms with E-state index in [0.717, 1.165) is 0 Å². The molecule has 0 radical (unpaired) electrons. The van der Waals surface area contributed by atoms with Crippen molar-refractivity contribution in [3.8, 4) is 11.5 Å². The van der Waals surface area contributed by atoms with Crippen LogP contribution in [0.5, 0.6) is 11.5 Å². The molecule has 2 N–H and O–H groups in total. The molecule has 0 bridgehead atoms. The third-order valence-corrected chi connectivity index (χ3v) is 2.67. The minimum absolute atomic E-state index is 0.415. The molecule has 0 aliphatic heterocycles. The largest absolute Gasteiger partial charge is 0.488 e. The number of halogens is 1. The molecule has 0 aliphatic rings. The summed E-state index contributed by atoms with van der Waals surface area (Å²) >= 11 is 5.96. The molecule has 0 saturated heterocycles. The van der Waals surface area contributed by atoms with E-state index in [0.29, 0.717) is 35.4 Å². The van der Waals surface area contributed by atoms with Crippen molar-refractivity contribution in [1.82, 2.24) is 0 Å². The smallest absolute Gasteiger partial charge is 0.142 e. The zero-order chi connectivity index (χ0) is 12.8. The molecule has 0 saturated carbocycles. The predicted octanol–water partition coefficient (Wildman–Crippen LogP) is 3.38. The van der Waals surface area contributed by atoms with Gasteiger partial charge >= 0.3 is 0 Å². The van der Waals surface area contributed by atoms with Gasteiger partial charge in [-0.3, -0.25) is 0 Å². The van der Waals surface area contributed by atoms with Crippen LogP contribution in [0, 0.1) is 0 Å². The Hall–Kier alpha value is -1.87. The quantitative estimate of drug-likeness (QED) is 0.664. The van der Waals surface area contributed by atoms with E-state index in [2.05, 4.69) is 0 Å². The Morgan fingerprint density at radius 3 is 2.06 bits per heavy atom. The molecule has 0 fully saturated rings. The summed E-state index contributed by atoms with van der Waals surface area (Å²) in [5.74, 6) is 1.32. The van der Waals surface area contributed by atoms with Gasteiger partial charge in [0.1, 0.15) is 24.7 Å². The minimum Gasteiger partial charge on any atom is -0.488 e. The molecule has 94 valence electrons. The molecule has 2 aromatic rings. The maximum atomic E-state index is 5.96. The maximum Gasteiger partial charge on any atom is 0.142 e. The van der Waals surface area contributed by atoms with Crippen LogP contribution >= 0.6 is 11.6 Å². The van der Waals surface area contributed by atoms with E-state index in [1.54, 1.807) is 12.1 Å². The Kier molecular flexibility index (Phi) is 4.31. The molecule has 2 rings (SSSR count). The summed E-state index contributed by atoms with van der Waals surface area (Å²) in [6, 6.07) is 14.7. The molecule has 0 aliphatic carbocycles. The monoisotopic (exact) mass is 263 g/mol. The van der Waals surface area contributed by atoms with Crippen molar-refractivity contribution in [3.63, 3.8) is 0 Å². The second kappa shape index (κ2) is 6.17. The highest BCUT2D eigenvalue weighted by molar-refractivity contribution is 6.32. The van der Waals surface area contributed by atoms with E-state index in [4.69, 9.17) is 26.8 Å². The van der Waals surface area contributed by atoms with Gasteiger partial charge < -0.3 is 15.2 Å². The molecule has 0 heterocycles. The van der Waals surface area contributed by atoms with Crippen molar-refractivity contribution in [2.75, 3.05) is 18.9 Å². The summed E-state index contributed by atoms with van der Waals surface area (Å²) in [5.41, 5.74) is 6.37. The Balaban J connectivity index is 1.80. The van der Waals surface area contributed by atoms with Gasteiger partial charge in [0.05, 0.1) is 10.7 Å². The Morgan fingerprint density at radius 1 is 0.833 bits per heavy atom. The topological polar surface area (TPSA) is 44.5 Å². The first-order chi connectivity index (χ1) is 8.77. The minimum atomic E-state index is 0.415. The van der Waals surface area contributed by atoms with Gasteiger partial charge in [-0.15, -0.1) is 0 Å². The first-order valence-corrected chi connectivity index (χ1v) is 6.00. The molecule has 0 atom stereocenters. The van der Waals surface area contributed by atoms with E-state index in [-0.39, 0.29) is 0 Å². The normalized spacial score (nSPS) is 10.1. The van der Waals surface area contributed by atoms with Gasteiger partial charge in [-0.05, 0) is 24.3 Å². The van der Waals surface area contributed by atoms with Crippen molar-refractivity contribution < 1.29 is 9.47 Å². The molecule has 0 amide bonds. The number of hydrogen-bond donors (Lipinski definition) is 1. The fourth-order valence-electron chi connectivity index (χ4n) is 1.48. The van der Waals surface area contributed by atoms with E-state index in [9.17, 15) is 0 Å². The number of para-hydroxylation sites is 3. The van der Waals surface area contributed by atoms with Crippen LogP contribution in [0.15, 0.2) is 48.5 Å². The molecular weight excluding hydrogens is 250 g/mol. The van der Waals surface area contributed by atoms with Gasteiger partial charge in [0.2, 0.25) is 0 Å². The number of hydrogen-bond acceptors (Lipinski definition) is 3. The Labute approximate surface area is 111 Å². The van der Waals surface area contributed by atoms with E-state index >= 15 is 0 Å². The standard InChI is InChI=1S/C14H14ClNO2/c15-11-5-1-3-7-13(11)17-9-10-18-14-8-4-2-6-12(14)16/h1-8H,9-10,16H2. The van der Waals surface area contributed by atoms with E-state index < -0.39 is 0 Å². The van der Waals surface area contributed by atoms with Crippen molar-refractivity contribution in [1.29, 1.82) is 0 Å². The SMILES string of the molecule is Nc1ccccc1OCCOc1ccccc1Cl. The van der Waals surface area contributed by atoms with Crippen molar-refractivity contribution >= 4 is 17.3 Å². The average molecular weight is 264 g/mol. The lowest BCUT2D eigenvalue weighted by Gasteiger charge is -2.10. The number of rotatable bonds is 5. The van der Waals surface area contributed by atoms with Crippen LogP contribution in [0.4, 0.5) is 5.69 Å². The summed E-state index contributed by atoms with van der Waals surface area (Å²) < 4.78 is 11.0. The van der Waals surface area contributed by atoms with E-state index in [1.165, 1.54) is 0 Å². The van der Waals surface area contributed by atoms with Crippen LogP contribution in [-0.2, 0) is 0 Å². The second-order valence-corrected chi connectivity index (χ2v) is 4.07. The fraction of sp³-hybridized carbons (Fsp3) is 0.143. The summed E-state index contributed by atoms with van der Waals surface area (Å²) in [4.78, 5) is 0. The van der Waals surface area contributed by atoms with Crippen LogP contribution < -0.4 is 15.2 Å². The molecule has 3 nitrogen and oxygen atoms in total. The number of anilines is 1. The lowest BCUT2D eigenvalue weighted by molar-refractivity contribution is 0.218. The average Bonchev–Trinajstić information content (AvgIpc) is 2.38. The number of ether oxygens (including phenoxy) is 2. The predicted molar refractivity (Wildman–Crippen MR) is 73.3 cm³/mol. The maximum absolute atomic E-state index is 5.96. The highest BCUT2D eigenvalue weighted by Gasteiger charge is 2.01. The zero-order valence-corrected chi connectivity index (χ0v) is 10.6. The van der Waals surface area contributed by atoms with Gasteiger partial charge in [-0.25, -0.2) is 0 Å². The molecule has 2 aromatic carbocycles. The summed E-state index contributed by atoms with van der Waals surface area (Å²) in [7, 11) is 0. The van der Waals surface area contributed by atoms with Crippen LogP contribution in [0.3, 0.4) is 0 Å². The fourth-order valence-corrected chi connectivity index (χ4v) is 1.67. The molecule has 18 heavy (non-hydrogen) atoms. The summed E-state index contributed by atoms with van der Waals surface area (Å²) in [5, 5.41) is 0.594. The zero-order valence-electron chi connectivity index (χ0n) is 9.80. The molecular formula is C14H14ClNO2. The van der Waals surface area contributed by atoms with Crippen molar-refractivity contribution in [3.05, 3.63) is 53.6 Å². The lowest BCUT2D eigenvalue weighted by atomic mass is 10.3. The molecule has 0 unspecified atom stereocenters. The first kappa shape index (κ1) is 12.6. The van der Waals surface area contributed by atoms with Gasteiger partial charge in [-0.1, -0.05) is 35.9 Å². The van der Waals surface area contributed by atoms with Crippen molar-refractivity contribution in [2.45, 2.75) is 0 Å². The van der Waals surface area contributed by atoms with Crippen LogP contribution in [0.2, 0.25) is 5.02 Å². The van der Waals surface area contributed by atoms with Gasteiger partial charge in [0.15, 0.2) is 0 Å².